The molecule has 2 rings (SSSR count). The molecule has 1 aromatic rings. The first-order chi connectivity index (χ1) is 11.0. The largest absolute Gasteiger partial charge is 0.369 e. The van der Waals surface area contributed by atoms with E-state index in [1.165, 1.54) is 12.1 Å². The van der Waals surface area contributed by atoms with Crippen molar-refractivity contribution >= 4 is 11.6 Å². The summed E-state index contributed by atoms with van der Waals surface area (Å²) in [7, 11) is 0. The number of hydrogen-bond donors (Lipinski definition) is 2. The summed E-state index contributed by atoms with van der Waals surface area (Å²) in [5, 5.41) is 2.94. The molecule has 1 saturated heterocycles. The number of nitrogens with two attached hydrogens (primary N) is 1. The first-order valence-corrected chi connectivity index (χ1v) is 8.30. The highest BCUT2D eigenvalue weighted by Gasteiger charge is 2.17. The number of anilines is 1. The summed E-state index contributed by atoms with van der Waals surface area (Å²) in [6.07, 6.45) is 1.22. The summed E-state index contributed by atoms with van der Waals surface area (Å²) in [6.45, 7) is 7.19. The van der Waals surface area contributed by atoms with Crippen LogP contribution in [-0.2, 0) is 4.79 Å². The molecular formula is C17H27FN4O. The van der Waals surface area contributed by atoms with Gasteiger partial charge in [0, 0.05) is 57.4 Å². The van der Waals surface area contributed by atoms with Gasteiger partial charge in [0.1, 0.15) is 5.82 Å². The van der Waals surface area contributed by atoms with Gasteiger partial charge in [0.2, 0.25) is 5.91 Å². The van der Waals surface area contributed by atoms with Gasteiger partial charge in [-0.15, -0.1) is 0 Å². The number of benzene rings is 1. The molecule has 128 valence electrons. The molecule has 6 heteroatoms. The van der Waals surface area contributed by atoms with Crippen LogP contribution in [0.25, 0.3) is 0 Å². The molecule has 1 atom stereocenters. The number of nitrogens with one attached hydrogen (secondary N) is 1. The lowest BCUT2D eigenvalue weighted by atomic mass is 10.2. The molecule has 1 fully saturated rings. The van der Waals surface area contributed by atoms with Crippen molar-refractivity contribution in [1.29, 1.82) is 0 Å². The van der Waals surface area contributed by atoms with Crippen LogP contribution in [-0.4, -0.2) is 56.1 Å². The van der Waals surface area contributed by atoms with Gasteiger partial charge in [-0.3, -0.25) is 9.69 Å². The van der Waals surface area contributed by atoms with Gasteiger partial charge >= 0.3 is 0 Å². The lowest BCUT2D eigenvalue weighted by molar-refractivity contribution is -0.121. The van der Waals surface area contributed by atoms with Gasteiger partial charge in [-0.1, -0.05) is 0 Å². The second kappa shape index (κ2) is 8.84. The summed E-state index contributed by atoms with van der Waals surface area (Å²) < 4.78 is 13.0. The van der Waals surface area contributed by atoms with Crippen LogP contribution in [0.5, 0.6) is 0 Å². The summed E-state index contributed by atoms with van der Waals surface area (Å²) in [5.41, 5.74) is 6.71. The Kier molecular flexibility index (Phi) is 6.80. The van der Waals surface area contributed by atoms with E-state index in [-0.39, 0.29) is 17.8 Å². The Labute approximate surface area is 137 Å². The van der Waals surface area contributed by atoms with E-state index in [0.29, 0.717) is 13.0 Å². The van der Waals surface area contributed by atoms with E-state index >= 15 is 0 Å². The molecule has 3 N–H and O–H groups in total. The van der Waals surface area contributed by atoms with Crippen molar-refractivity contribution in [3.05, 3.63) is 30.1 Å². The number of carbonyl (C=O) groups excluding carboxylic acids is 1. The summed E-state index contributed by atoms with van der Waals surface area (Å²) in [6, 6.07) is 6.71. The van der Waals surface area contributed by atoms with Crippen LogP contribution in [0.15, 0.2) is 24.3 Å². The molecule has 1 aliphatic rings. The number of nitrogens with zero attached hydrogens (tertiary/aromatic N) is 2. The minimum Gasteiger partial charge on any atom is -0.369 e. The first kappa shape index (κ1) is 17.7. The fourth-order valence-corrected chi connectivity index (χ4v) is 2.68. The summed E-state index contributed by atoms with van der Waals surface area (Å²) in [5.74, 6) is -0.126. The zero-order valence-corrected chi connectivity index (χ0v) is 13.8. The second-order valence-corrected chi connectivity index (χ2v) is 6.17. The van der Waals surface area contributed by atoms with Crippen molar-refractivity contribution < 1.29 is 9.18 Å². The third-order valence-electron chi connectivity index (χ3n) is 4.14. The number of carbonyl (C=O) groups is 1. The minimum atomic E-state index is -0.202. The topological polar surface area (TPSA) is 61.6 Å². The highest BCUT2D eigenvalue weighted by atomic mass is 19.1. The molecule has 5 nitrogen and oxygen atoms in total. The molecule has 23 heavy (non-hydrogen) atoms. The van der Waals surface area contributed by atoms with Gasteiger partial charge in [0.25, 0.3) is 0 Å². The molecule has 1 unspecified atom stereocenters. The first-order valence-electron chi connectivity index (χ1n) is 8.30. The molecule has 1 aliphatic heterocycles. The van der Waals surface area contributed by atoms with E-state index in [2.05, 4.69) is 15.1 Å². The molecule has 1 heterocycles. The van der Waals surface area contributed by atoms with Gasteiger partial charge in [-0.25, -0.2) is 4.39 Å². The maximum Gasteiger partial charge on any atom is 0.220 e. The van der Waals surface area contributed by atoms with Crippen molar-refractivity contribution in [2.24, 2.45) is 5.73 Å². The highest BCUT2D eigenvalue weighted by molar-refractivity contribution is 5.75. The maximum atomic E-state index is 13.0. The minimum absolute atomic E-state index is 0.0697. The van der Waals surface area contributed by atoms with Crippen LogP contribution in [0.2, 0.25) is 0 Å². The molecule has 1 aromatic carbocycles. The van der Waals surface area contributed by atoms with E-state index in [0.717, 1.165) is 44.8 Å². The van der Waals surface area contributed by atoms with Crippen molar-refractivity contribution in [3.8, 4) is 0 Å². The molecule has 0 saturated carbocycles. The van der Waals surface area contributed by atoms with Crippen LogP contribution in [0.1, 0.15) is 19.8 Å². The molecule has 0 bridgehead atoms. The van der Waals surface area contributed by atoms with Gasteiger partial charge < -0.3 is 16.0 Å². The second-order valence-electron chi connectivity index (χ2n) is 6.17. The third-order valence-corrected chi connectivity index (χ3v) is 4.14. The average Bonchev–Trinajstić information content (AvgIpc) is 2.54. The molecule has 1 amide bonds. The van der Waals surface area contributed by atoms with Crippen molar-refractivity contribution in [3.63, 3.8) is 0 Å². The zero-order valence-electron chi connectivity index (χ0n) is 13.8. The average molecular weight is 322 g/mol. The standard InChI is InChI=1S/C17H27FN4O/c1-14(19)2-7-17(23)20-8-9-21-10-12-22(13-11-21)16-5-3-15(18)4-6-16/h3-6,14H,2,7-13,19H2,1H3,(H,20,23). The Hall–Kier alpha value is -1.66. The monoisotopic (exact) mass is 322 g/mol. The molecular weight excluding hydrogens is 295 g/mol. The number of hydrogen-bond acceptors (Lipinski definition) is 4. The Morgan fingerprint density at radius 1 is 1.26 bits per heavy atom. The van der Waals surface area contributed by atoms with Crippen molar-refractivity contribution in [1.82, 2.24) is 10.2 Å². The smallest absolute Gasteiger partial charge is 0.220 e. The van der Waals surface area contributed by atoms with E-state index < -0.39 is 0 Å². The molecule has 0 aromatic heterocycles. The van der Waals surface area contributed by atoms with Gasteiger partial charge in [0.05, 0.1) is 0 Å². The predicted octanol–water partition coefficient (Wildman–Crippen LogP) is 1.19. The van der Waals surface area contributed by atoms with E-state index in [1.54, 1.807) is 0 Å². The quantitative estimate of drug-likeness (QED) is 0.792. The van der Waals surface area contributed by atoms with Gasteiger partial charge in [-0.2, -0.15) is 0 Å². The zero-order chi connectivity index (χ0) is 16.7. The van der Waals surface area contributed by atoms with E-state index in [1.807, 2.05) is 19.1 Å². The Bertz CT molecular complexity index is 484. The molecule has 0 radical (unpaired) electrons. The van der Waals surface area contributed by atoms with E-state index in [9.17, 15) is 9.18 Å². The van der Waals surface area contributed by atoms with Gasteiger partial charge in [-0.05, 0) is 37.6 Å². The van der Waals surface area contributed by atoms with Crippen molar-refractivity contribution in [2.45, 2.75) is 25.8 Å². The number of amides is 1. The lowest BCUT2D eigenvalue weighted by Gasteiger charge is -2.36. The van der Waals surface area contributed by atoms with E-state index in [4.69, 9.17) is 5.73 Å². The number of rotatable bonds is 7. The van der Waals surface area contributed by atoms with Crippen LogP contribution >= 0.6 is 0 Å². The van der Waals surface area contributed by atoms with Crippen LogP contribution in [0.4, 0.5) is 10.1 Å². The fraction of sp³-hybridized carbons (Fsp3) is 0.588. The normalized spacial score (nSPS) is 17.1. The van der Waals surface area contributed by atoms with Crippen LogP contribution in [0, 0.1) is 5.82 Å². The highest BCUT2D eigenvalue weighted by Crippen LogP contribution is 2.16. The summed E-state index contributed by atoms with van der Waals surface area (Å²) >= 11 is 0. The Balaban J connectivity index is 1.63. The number of piperazine rings is 1. The summed E-state index contributed by atoms with van der Waals surface area (Å²) in [4.78, 5) is 16.2. The number of halogens is 1. The third kappa shape index (κ3) is 6.15. The van der Waals surface area contributed by atoms with Crippen LogP contribution < -0.4 is 16.0 Å². The Morgan fingerprint density at radius 3 is 2.52 bits per heavy atom. The molecule has 0 aliphatic carbocycles. The van der Waals surface area contributed by atoms with Crippen LogP contribution in [0.3, 0.4) is 0 Å². The SMILES string of the molecule is CC(N)CCC(=O)NCCN1CCN(c2ccc(F)cc2)CC1. The van der Waals surface area contributed by atoms with Crippen molar-refractivity contribution in [2.75, 3.05) is 44.2 Å². The maximum absolute atomic E-state index is 13.0. The lowest BCUT2D eigenvalue weighted by Crippen LogP contribution is -2.48. The predicted molar refractivity (Wildman–Crippen MR) is 90.9 cm³/mol. The molecule has 0 spiro atoms. The fourth-order valence-electron chi connectivity index (χ4n) is 2.68. The van der Waals surface area contributed by atoms with Gasteiger partial charge in [0.15, 0.2) is 0 Å². The Morgan fingerprint density at radius 2 is 1.91 bits per heavy atom.